The average molecular weight is 523 g/mol. The van der Waals surface area contributed by atoms with Crippen molar-refractivity contribution in [2.75, 3.05) is 20.1 Å². The van der Waals surface area contributed by atoms with E-state index in [0.717, 1.165) is 19.5 Å². The highest BCUT2D eigenvalue weighted by Gasteiger charge is 2.29. The van der Waals surface area contributed by atoms with Crippen molar-refractivity contribution in [3.8, 4) is 5.75 Å². The Kier molecular flexibility index (Phi) is 8.60. The Labute approximate surface area is 185 Å². The van der Waals surface area contributed by atoms with Crippen LogP contribution in [0.25, 0.3) is 0 Å². The number of guanidine groups is 1. The maximum absolute atomic E-state index is 14.2. The zero-order valence-electron chi connectivity index (χ0n) is 16.3. The summed E-state index contributed by atoms with van der Waals surface area (Å²) in [4.78, 5) is 10.5. The summed E-state index contributed by atoms with van der Waals surface area (Å²) < 4.78 is 45.9. The summed E-state index contributed by atoms with van der Waals surface area (Å²) in [5.41, 5.74) is 0.0421. The molecule has 10 heteroatoms. The van der Waals surface area contributed by atoms with E-state index in [2.05, 4.69) is 36.4 Å². The van der Waals surface area contributed by atoms with Crippen LogP contribution in [0.3, 0.4) is 0 Å². The van der Waals surface area contributed by atoms with E-state index in [-0.39, 0.29) is 47.9 Å². The molecule has 1 aliphatic rings. The molecule has 0 radical (unpaired) electrons. The molecule has 2 unspecified atom stereocenters. The van der Waals surface area contributed by atoms with Gasteiger partial charge in [0.1, 0.15) is 11.6 Å². The molecule has 1 saturated heterocycles. The van der Waals surface area contributed by atoms with E-state index >= 15 is 0 Å². The number of aliphatic imine (C=N–C) groups is 1. The van der Waals surface area contributed by atoms with E-state index in [1.165, 1.54) is 18.2 Å². The van der Waals surface area contributed by atoms with Crippen LogP contribution in [0.15, 0.2) is 41.9 Å². The van der Waals surface area contributed by atoms with Gasteiger partial charge in [-0.05, 0) is 24.5 Å². The Morgan fingerprint density at radius 1 is 1.41 bits per heavy atom. The van der Waals surface area contributed by atoms with Crippen molar-refractivity contribution in [2.45, 2.75) is 32.5 Å². The summed E-state index contributed by atoms with van der Waals surface area (Å²) in [5.74, 6) is 0.274. The van der Waals surface area contributed by atoms with Gasteiger partial charge in [0.2, 0.25) is 0 Å². The van der Waals surface area contributed by atoms with Crippen molar-refractivity contribution in [2.24, 2.45) is 10.9 Å². The second-order valence-electron chi connectivity index (χ2n) is 6.79. The van der Waals surface area contributed by atoms with Crippen LogP contribution in [-0.2, 0) is 6.54 Å². The lowest BCUT2D eigenvalue weighted by atomic mass is 9.93. The molecule has 2 heterocycles. The first kappa shape index (κ1) is 23.3. The summed E-state index contributed by atoms with van der Waals surface area (Å²) in [5, 5.41) is 3.08. The van der Waals surface area contributed by atoms with Gasteiger partial charge >= 0.3 is 6.61 Å². The Bertz CT molecular complexity index is 803. The number of likely N-dealkylation sites (tertiary alicyclic amines) is 1. The number of benzene rings is 1. The maximum atomic E-state index is 14.2. The molecule has 2 atom stereocenters. The molecule has 1 fully saturated rings. The van der Waals surface area contributed by atoms with Gasteiger partial charge in [-0.25, -0.2) is 9.37 Å². The molecule has 0 aliphatic carbocycles. The molecule has 0 spiro atoms. The molecule has 6 nitrogen and oxygen atoms in total. The predicted octanol–water partition coefficient (Wildman–Crippen LogP) is 3.90. The predicted molar refractivity (Wildman–Crippen MR) is 115 cm³/mol. The number of rotatable bonds is 5. The quantitative estimate of drug-likeness (QED) is 0.367. The number of piperidine rings is 1. The monoisotopic (exact) mass is 523 g/mol. The van der Waals surface area contributed by atoms with E-state index in [9.17, 15) is 13.2 Å². The first-order valence-electron chi connectivity index (χ1n) is 9.14. The maximum Gasteiger partial charge on any atom is 0.387 e. The average Bonchev–Trinajstić information content (AvgIpc) is 3.19. The van der Waals surface area contributed by atoms with Crippen LogP contribution in [-0.4, -0.2) is 47.2 Å². The van der Waals surface area contributed by atoms with Gasteiger partial charge in [0.25, 0.3) is 0 Å². The standard InChI is InChI=1S/C19H24F3N5O.HI/c1-13-6-8-26(11-16(13)27-9-7-24-12-27)19(23-2)25-10-14-15(20)4-3-5-17(14)28-18(21)22;/h3-5,7,9,12-13,16,18H,6,8,10-11H2,1-2H3,(H,23,25);1H. The highest BCUT2D eigenvalue weighted by Crippen LogP contribution is 2.28. The van der Waals surface area contributed by atoms with Crippen LogP contribution >= 0.6 is 24.0 Å². The minimum Gasteiger partial charge on any atom is -0.434 e. The van der Waals surface area contributed by atoms with E-state index in [1.807, 2.05) is 6.20 Å². The molecule has 0 saturated carbocycles. The minimum atomic E-state index is -3.01. The zero-order valence-corrected chi connectivity index (χ0v) is 18.6. The summed E-state index contributed by atoms with van der Waals surface area (Å²) in [7, 11) is 1.64. The molecule has 1 aliphatic heterocycles. The van der Waals surface area contributed by atoms with E-state index in [4.69, 9.17) is 0 Å². The van der Waals surface area contributed by atoms with Crippen LogP contribution in [0.4, 0.5) is 13.2 Å². The lowest BCUT2D eigenvalue weighted by Gasteiger charge is -2.39. The molecule has 0 bridgehead atoms. The highest BCUT2D eigenvalue weighted by atomic mass is 127. The van der Waals surface area contributed by atoms with Gasteiger partial charge in [0.15, 0.2) is 5.96 Å². The number of alkyl halides is 2. The molecule has 2 aromatic rings. The van der Waals surface area contributed by atoms with Gasteiger partial charge in [0.05, 0.1) is 12.4 Å². The Hall–Kier alpha value is -1.98. The molecule has 1 aromatic heterocycles. The zero-order chi connectivity index (χ0) is 20.1. The second kappa shape index (κ2) is 10.7. The largest absolute Gasteiger partial charge is 0.434 e. The summed E-state index contributed by atoms with van der Waals surface area (Å²) in [6.45, 7) is 0.687. The molecular weight excluding hydrogens is 498 g/mol. The van der Waals surface area contributed by atoms with Gasteiger partial charge in [-0.1, -0.05) is 13.0 Å². The number of hydrogen-bond acceptors (Lipinski definition) is 3. The Morgan fingerprint density at radius 2 is 2.21 bits per heavy atom. The lowest BCUT2D eigenvalue weighted by molar-refractivity contribution is -0.0506. The number of nitrogens with zero attached hydrogens (tertiary/aromatic N) is 4. The summed E-state index contributed by atoms with van der Waals surface area (Å²) in [6.07, 6.45) is 6.45. The molecule has 160 valence electrons. The number of halogens is 4. The molecule has 1 aromatic carbocycles. The van der Waals surface area contributed by atoms with Crippen molar-refractivity contribution in [3.63, 3.8) is 0 Å². The first-order chi connectivity index (χ1) is 13.5. The van der Waals surface area contributed by atoms with Gasteiger partial charge in [-0.15, -0.1) is 24.0 Å². The van der Waals surface area contributed by atoms with Gasteiger partial charge in [0, 0.05) is 44.6 Å². The minimum absolute atomic E-state index is 0. The number of hydrogen-bond donors (Lipinski definition) is 1. The van der Waals surface area contributed by atoms with E-state index in [1.54, 1.807) is 19.6 Å². The van der Waals surface area contributed by atoms with Crippen LogP contribution in [0, 0.1) is 11.7 Å². The smallest absolute Gasteiger partial charge is 0.387 e. The van der Waals surface area contributed by atoms with Gasteiger partial charge < -0.3 is 19.5 Å². The number of ether oxygens (including phenoxy) is 1. The Balaban J connectivity index is 0.00000300. The van der Waals surface area contributed by atoms with Crippen molar-refractivity contribution >= 4 is 29.9 Å². The molecule has 29 heavy (non-hydrogen) atoms. The number of nitrogens with one attached hydrogen (secondary N) is 1. The van der Waals surface area contributed by atoms with Crippen molar-refractivity contribution in [3.05, 3.63) is 48.3 Å². The fraction of sp³-hybridized carbons (Fsp3) is 0.474. The van der Waals surface area contributed by atoms with Crippen LogP contribution in [0.5, 0.6) is 5.75 Å². The van der Waals surface area contributed by atoms with E-state index < -0.39 is 12.4 Å². The van der Waals surface area contributed by atoms with Gasteiger partial charge in [-0.2, -0.15) is 8.78 Å². The summed E-state index contributed by atoms with van der Waals surface area (Å²) in [6, 6.07) is 4.12. The molecule has 3 rings (SSSR count). The normalized spacial score (nSPS) is 19.8. The Morgan fingerprint density at radius 3 is 2.86 bits per heavy atom. The number of imidazole rings is 1. The fourth-order valence-electron chi connectivity index (χ4n) is 3.51. The van der Waals surface area contributed by atoms with Crippen LogP contribution < -0.4 is 10.1 Å². The third-order valence-electron chi connectivity index (χ3n) is 5.05. The van der Waals surface area contributed by atoms with Crippen LogP contribution in [0.1, 0.15) is 24.9 Å². The first-order valence-corrected chi connectivity index (χ1v) is 9.14. The molecule has 1 N–H and O–H groups in total. The summed E-state index contributed by atoms with van der Waals surface area (Å²) >= 11 is 0. The molecular formula is C19H25F3IN5O. The highest BCUT2D eigenvalue weighted by molar-refractivity contribution is 14.0. The van der Waals surface area contributed by atoms with Gasteiger partial charge in [-0.3, -0.25) is 4.99 Å². The van der Waals surface area contributed by atoms with Crippen molar-refractivity contribution in [1.29, 1.82) is 0 Å². The van der Waals surface area contributed by atoms with Crippen LogP contribution in [0.2, 0.25) is 0 Å². The van der Waals surface area contributed by atoms with E-state index in [0.29, 0.717) is 11.9 Å². The second-order valence-corrected chi connectivity index (χ2v) is 6.79. The molecule has 0 amide bonds. The number of aromatic nitrogens is 2. The third kappa shape index (κ3) is 5.77. The fourth-order valence-corrected chi connectivity index (χ4v) is 3.51. The third-order valence-corrected chi connectivity index (χ3v) is 5.05. The van der Waals surface area contributed by atoms with Crippen molar-refractivity contribution in [1.82, 2.24) is 19.8 Å². The van der Waals surface area contributed by atoms with Crippen molar-refractivity contribution < 1.29 is 17.9 Å². The SMILES string of the molecule is CN=C(NCc1c(F)cccc1OC(F)F)N1CCC(C)C(n2ccnc2)C1.I. The topological polar surface area (TPSA) is 54.7 Å². The lowest BCUT2D eigenvalue weighted by Crippen LogP contribution is -2.48.